The summed E-state index contributed by atoms with van der Waals surface area (Å²) < 4.78 is 0. The summed E-state index contributed by atoms with van der Waals surface area (Å²) in [6.45, 7) is 9.62. The van der Waals surface area contributed by atoms with Gasteiger partial charge in [-0.05, 0) is 55.7 Å². The van der Waals surface area contributed by atoms with Crippen LogP contribution in [0.25, 0.3) is 10.9 Å². The van der Waals surface area contributed by atoms with Crippen LogP contribution < -0.4 is 15.8 Å². The third kappa shape index (κ3) is 6.31. The van der Waals surface area contributed by atoms with Gasteiger partial charge in [-0.15, -0.1) is 0 Å². The van der Waals surface area contributed by atoms with Gasteiger partial charge in [0, 0.05) is 36.0 Å². The predicted molar refractivity (Wildman–Crippen MR) is 122 cm³/mol. The fraction of sp³-hybridized carbons (Fsp3) is 0.545. The minimum atomic E-state index is -0.0305. The summed E-state index contributed by atoms with van der Waals surface area (Å²) in [5, 5.41) is 5.19. The number of hydrogen-bond donors (Lipinski definition) is 3. The van der Waals surface area contributed by atoms with Gasteiger partial charge in [0.15, 0.2) is 5.11 Å². The second kappa shape index (κ2) is 10.6. The van der Waals surface area contributed by atoms with Gasteiger partial charge in [0.25, 0.3) is 5.56 Å². The van der Waals surface area contributed by atoms with Crippen molar-refractivity contribution in [2.24, 2.45) is 0 Å². The maximum absolute atomic E-state index is 12.7. The largest absolute Gasteiger partial charge is 0.363 e. The van der Waals surface area contributed by atoms with Crippen LogP contribution in [0.4, 0.5) is 0 Å². The van der Waals surface area contributed by atoms with Crippen molar-refractivity contribution in [3.8, 4) is 0 Å². The average molecular weight is 404 g/mol. The number of pyridine rings is 1. The molecule has 0 fully saturated rings. The van der Waals surface area contributed by atoms with Crippen LogP contribution in [0, 0.1) is 13.8 Å². The topological polar surface area (TPSA) is 52.6 Å². The van der Waals surface area contributed by atoms with Crippen molar-refractivity contribution in [3.05, 3.63) is 45.2 Å². The van der Waals surface area contributed by atoms with E-state index in [1.54, 1.807) is 0 Å². The minimum absolute atomic E-state index is 0.0305. The van der Waals surface area contributed by atoms with Gasteiger partial charge in [-0.25, -0.2) is 0 Å². The molecule has 1 aromatic heterocycles. The molecule has 0 saturated heterocycles. The van der Waals surface area contributed by atoms with E-state index in [1.165, 1.54) is 10.5 Å². The zero-order valence-corrected chi connectivity index (χ0v) is 18.8. The Morgan fingerprint density at radius 3 is 2.64 bits per heavy atom. The van der Waals surface area contributed by atoms with E-state index in [9.17, 15) is 4.79 Å². The van der Waals surface area contributed by atoms with Crippen LogP contribution in [0.5, 0.6) is 0 Å². The molecule has 0 saturated carbocycles. The van der Waals surface area contributed by atoms with E-state index in [4.69, 9.17) is 12.2 Å². The number of rotatable bonds is 9. The third-order valence-corrected chi connectivity index (χ3v) is 5.35. The lowest BCUT2D eigenvalue weighted by molar-refractivity contribution is -0.858. The van der Waals surface area contributed by atoms with E-state index in [-0.39, 0.29) is 5.56 Å². The number of thiocarbonyl (C=S) groups is 1. The number of benzene rings is 1. The van der Waals surface area contributed by atoms with Crippen LogP contribution in [0.1, 0.15) is 42.9 Å². The van der Waals surface area contributed by atoms with Gasteiger partial charge in [-0.2, -0.15) is 0 Å². The predicted octanol–water partition coefficient (Wildman–Crippen LogP) is 2.16. The molecule has 0 atom stereocenters. The minimum Gasteiger partial charge on any atom is -0.363 e. The maximum atomic E-state index is 12.7. The molecular weight excluding hydrogens is 368 g/mol. The average Bonchev–Trinajstić information content (AvgIpc) is 2.61. The Hall–Kier alpha value is -1.92. The molecule has 2 aromatic rings. The molecule has 0 bridgehead atoms. The summed E-state index contributed by atoms with van der Waals surface area (Å²) in [5.74, 6) is 0. The van der Waals surface area contributed by atoms with E-state index in [1.807, 2.05) is 19.1 Å². The second-order valence-electron chi connectivity index (χ2n) is 7.98. The normalized spacial score (nSPS) is 11.2. The SMILES string of the molecule is CCCCNC(=S)N(CCC[NH+](C)C)Cc1cc2c(C)cc(C)cc2[nH]c1=O. The molecule has 0 spiro atoms. The number of fused-ring (bicyclic) bond motifs is 1. The standard InChI is InChI=1S/C22H34N4OS/c1-6-7-9-23-22(28)26(11-8-10-25(4)5)15-18-14-19-17(3)12-16(2)13-20(19)24-21(18)27/h12-14H,6-11,15H2,1-5H3,(H,23,28)(H,24,27)/p+1. The van der Waals surface area contributed by atoms with Gasteiger partial charge in [-0.1, -0.05) is 19.4 Å². The molecule has 1 aromatic carbocycles. The van der Waals surface area contributed by atoms with E-state index in [2.05, 4.69) is 49.2 Å². The number of quaternary nitrogens is 1. The molecule has 6 heteroatoms. The molecule has 0 aliphatic heterocycles. The van der Waals surface area contributed by atoms with E-state index < -0.39 is 0 Å². The lowest BCUT2D eigenvalue weighted by Crippen LogP contribution is -3.05. The molecule has 0 aliphatic carbocycles. The number of hydrogen-bond acceptors (Lipinski definition) is 2. The first-order valence-electron chi connectivity index (χ1n) is 10.3. The summed E-state index contributed by atoms with van der Waals surface area (Å²) in [4.78, 5) is 19.3. The first-order chi connectivity index (χ1) is 13.3. The highest BCUT2D eigenvalue weighted by Crippen LogP contribution is 2.19. The van der Waals surface area contributed by atoms with Crippen molar-refractivity contribution in [1.82, 2.24) is 15.2 Å². The van der Waals surface area contributed by atoms with E-state index in [0.717, 1.165) is 66.0 Å². The molecule has 154 valence electrons. The van der Waals surface area contributed by atoms with Crippen molar-refractivity contribution in [2.75, 3.05) is 33.7 Å². The van der Waals surface area contributed by atoms with Crippen molar-refractivity contribution in [3.63, 3.8) is 0 Å². The number of aryl methyl sites for hydroxylation is 2. The van der Waals surface area contributed by atoms with Gasteiger partial charge in [0.2, 0.25) is 0 Å². The van der Waals surface area contributed by atoms with Crippen molar-refractivity contribution in [1.29, 1.82) is 0 Å². The highest BCUT2D eigenvalue weighted by Gasteiger charge is 2.14. The summed E-state index contributed by atoms with van der Waals surface area (Å²) in [7, 11) is 4.31. The Morgan fingerprint density at radius 2 is 1.96 bits per heavy atom. The molecule has 0 unspecified atom stereocenters. The number of aromatic amines is 1. The lowest BCUT2D eigenvalue weighted by atomic mass is 10.0. The molecule has 3 N–H and O–H groups in total. The molecular formula is C22H35N4OS+. The van der Waals surface area contributed by atoms with E-state index in [0.29, 0.717) is 6.54 Å². The number of nitrogens with one attached hydrogen (secondary N) is 3. The number of unbranched alkanes of at least 4 members (excludes halogenated alkanes) is 1. The first kappa shape index (κ1) is 22.4. The quantitative estimate of drug-likeness (QED) is 0.444. The smallest absolute Gasteiger partial charge is 0.253 e. The Labute approximate surface area is 174 Å². The van der Waals surface area contributed by atoms with Gasteiger partial charge >= 0.3 is 0 Å². The molecule has 28 heavy (non-hydrogen) atoms. The van der Waals surface area contributed by atoms with Crippen LogP contribution in [-0.4, -0.2) is 48.7 Å². The summed E-state index contributed by atoms with van der Waals surface area (Å²) in [6.07, 6.45) is 3.25. The zero-order chi connectivity index (χ0) is 20.7. The highest BCUT2D eigenvalue weighted by atomic mass is 32.1. The Kier molecular flexibility index (Phi) is 8.45. The summed E-state index contributed by atoms with van der Waals surface area (Å²) in [5.41, 5.74) is 3.97. The molecule has 0 amide bonds. The fourth-order valence-electron chi connectivity index (χ4n) is 3.40. The van der Waals surface area contributed by atoms with Gasteiger partial charge in [0.05, 0.1) is 27.2 Å². The Balaban J connectivity index is 2.24. The molecule has 1 heterocycles. The van der Waals surface area contributed by atoms with Crippen LogP contribution >= 0.6 is 12.2 Å². The summed E-state index contributed by atoms with van der Waals surface area (Å²) >= 11 is 5.64. The molecule has 0 aliphatic rings. The second-order valence-corrected chi connectivity index (χ2v) is 8.37. The van der Waals surface area contributed by atoms with Crippen LogP contribution in [0.2, 0.25) is 0 Å². The zero-order valence-electron chi connectivity index (χ0n) is 17.9. The molecule has 0 radical (unpaired) electrons. The number of nitrogens with zero attached hydrogens (tertiary/aromatic N) is 1. The van der Waals surface area contributed by atoms with Crippen LogP contribution in [0.15, 0.2) is 23.0 Å². The van der Waals surface area contributed by atoms with Crippen molar-refractivity contribution >= 4 is 28.2 Å². The molecule has 5 nitrogen and oxygen atoms in total. The maximum Gasteiger partial charge on any atom is 0.253 e. The lowest BCUT2D eigenvalue weighted by Gasteiger charge is -2.26. The van der Waals surface area contributed by atoms with Crippen LogP contribution in [0.3, 0.4) is 0 Å². The first-order valence-corrected chi connectivity index (χ1v) is 10.7. The Bertz CT molecular complexity index is 859. The fourth-order valence-corrected chi connectivity index (χ4v) is 3.66. The van der Waals surface area contributed by atoms with E-state index >= 15 is 0 Å². The van der Waals surface area contributed by atoms with Crippen molar-refractivity contribution < 1.29 is 4.90 Å². The van der Waals surface area contributed by atoms with Crippen molar-refractivity contribution in [2.45, 2.75) is 46.6 Å². The highest BCUT2D eigenvalue weighted by molar-refractivity contribution is 7.80. The van der Waals surface area contributed by atoms with Gasteiger partial charge in [-0.3, -0.25) is 4.79 Å². The monoisotopic (exact) mass is 403 g/mol. The van der Waals surface area contributed by atoms with Gasteiger partial charge < -0.3 is 20.1 Å². The third-order valence-electron chi connectivity index (χ3n) is 4.95. The summed E-state index contributed by atoms with van der Waals surface area (Å²) in [6, 6.07) is 6.21. The van der Waals surface area contributed by atoms with Gasteiger partial charge in [0.1, 0.15) is 0 Å². The number of aromatic nitrogens is 1. The molecule has 2 rings (SSSR count). The Morgan fingerprint density at radius 1 is 1.21 bits per heavy atom. The number of H-pyrrole nitrogens is 1. The van der Waals surface area contributed by atoms with Crippen LogP contribution in [-0.2, 0) is 6.54 Å².